The lowest BCUT2D eigenvalue weighted by molar-refractivity contribution is -0.122. The number of rotatable bonds is 9. The van der Waals surface area contributed by atoms with Crippen LogP contribution in [0.3, 0.4) is 0 Å². The first-order valence-electron chi connectivity index (χ1n) is 11.0. The van der Waals surface area contributed by atoms with Crippen molar-refractivity contribution < 1.29 is 9.53 Å². The lowest BCUT2D eigenvalue weighted by Gasteiger charge is -2.10. The number of hydrogen-bond acceptors (Lipinski definition) is 5. The normalized spacial score (nSPS) is 12.3. The van der Waals surface area contributed by atoms with Crippen LogP contribution in [0.15, 0.2) is 47.5 Å². The Morgan fingerprint density at radius 2 is 1.94 bits per heavy atom. The van der Waals surface area contributed by atoms with E-state index in [9.17, 15) is 9.59 Å². The Morgan fingerprint density at radius 3 is 2.66 bits per heavy atom. The van der Waals surface area contributed by atoms with Crippen LogP contribution in [0.1, 0.15) is 40.0 Å². The molecule has 0 radical (unpaired) electrons. The second kappa shape index (κ2) is 9.25. The monoisotopic (exact) mass is 436 g/mol. The van der Waals surface area contributed by atoms with Crippen molar-refractivity contribution in [3.05, 3.63) is 53.2 Å². The summed E-state index contributed by atoms with van der Waals surface area (Å²) in [6.07, 6.45) is 6.25. The van der Waals surface area contributed by atoms with Gasteiger partial charge in [0.2, 0.25) is 5.91 Å². The molecule has 9 nitrogen and oxygen atoms in total. The molecular weight excluding hydrogens is 408 g/mol. The molecule has 1 amide bonds. The molecule has 0 spiro atoms. The minimum absolute atomic E-state index is 0.0442. The first-order valence-corrected chi connectivity index (χ1v) is 11.0. The van der Waals surface area contributed by atoms with E-state index in [1.54, 1.807) is 16.9 Å². The smallest absolute Gasteiger partial charge is 0.350 e. The van der Waals surface area contributed by atoms with Gasteiger partial charge in [0.1, 0.15) is 17.8 Å². The molecule has 0 bridgehead atoms. The Balaban J connectivity index is 1.62. The van der Waals surface area contributed by atoms with Gasteiger partial charge in [-0.2, -0.15) is 5.10 Å². The maximum absolute atomic E-state index is 12.7. The highest BCUT2D eigenvalue weighted by Crippen LogP contribution is 2.24. The van der Waals surface area contributed by atoms with E-state index in [-0.39, 0.29) is 24.2 Å². The second-order valence-electron chi connectivity index (χ2n) is 7.89. The molecule has 1 N–H and O–H groups in total. The Kier molecular flexibility index (Phi) is 6.25. The van der Waals surface area contributed by atoms with Crippen LogP contribution in [0.25, 0.3) is 22.4 Å². The van der Waals surface area contributed by atoms with E-state index in [2.05, 4.69) is 22.4 Å². The van der Waals surface area contributed by atoms with Crippen molar-refractivity contribution in [2.75, 3.05) is 6.61 Å². The number of carbonyl (C=O) groups excluding carboxylic acids is 1. The number of amides is 1. The quantitative estimate of drug-likeness (QED) is 0.407. The number of nitrogens with zero attached hydrogens (tertiary/aromatic N) is 5. The van der Waals surface area contributed by atoms with E-state index in [1.807, 2.05) is 44.2 Å². The van der Waals surface area contributed by atoms with Gasteiger partial charge in [-0.15, -0.1) is 5.10 Å². The number of benzene rings is 1. The van der Waals surface area contributed by atoms with E-state index in [4.69, 9.17) is 4.74 Å². The molecule has 9 heteroatoms. The van der Waals surface area contributed by atoms with Gasteiger partial charge in [0.25, 0.3) is 0 Å². The van der Waals surface area contributed by atoms with Gasteiger partial charge in [0, 0.05) is 24.0 Å². The zero-order valence-corrected chi connectivity index (χ0v) is 18.6. The number of ether oxygens (including phenoxy) is 1. The molecule has 1 unspecified atom stereocenters. The zero-order chi connectivity index (χ0) is 22.7. The molecule has 0 saturated heterocycles. The fourth-order valence-corrected chi connectivity index (χ4v) is 3.39. The van der Waals surface area contributed by atoms with Crippen molar-refractivity contribution in [3.8, 4) is 17.0 Å². The molecule has 4 aromatic rings. The predicted octanol–water partition coefficient (Wildman–Crippen LogP) is 2.90. The van der Waals surface area contributed by atoms with Crippen LogP contribution in [-0.2, 0) is 11.3 Å². The SMILES string of the molecule is CCCCOc1ccc(-c2cc3c4nn(CC(=O)NC(C)CC)c(=O)n4ccn3n2)cc1. The van der Waals surface area contributed by atoms with Gasteiger partial charge < -0.3 is 10.1 Å². The van der Waals surface area contributed by atoms with Crippen molar-refractivity contribution >= 4 is 17.1 Å². The molecule has 168 valence electrons. The third-order valence-corrected chi connectivity index (χ3v) is 5.42. The molecular formula is C23H28N6O3. The third-order valence-electron chi connectivity index (χ3n) is 5.42. The standard InChI is InChI=1S/C23H28N6O3/c1-4-6-13-32-18-9-7-17(8-10-18)19-14-20-22-26-29(15-21(30)24-16(3)5-2)23(31)27(22)11-12-28(20)25-19/h7-12,14,16H,4-6,13,15H2,1-3H3,(H,24,30). The molecule has 0 fully saturated rings. The molecule has 32 heavy (non-hydrogen) atoms. The summed E-state index contributed by atoms with van der Waals surface area (Å²) in [4.78, 5) is 25.0. The summed E-state index contributed by atoms with van der Waals surface area (Å²) in [7, 11) is 0. The first-order chi connectivity index (χ1) is 15.5. The first kappa shape index (κ1) is 21.6. The summed E-state index contributed by atoms with van der Waals surface area (Å²) in [5, 5.41) is 11.9. The Morgan fingerprint density at radius 1 is 1.16 bits per heavy atom. The lowest BCUT2D eigenvalue weighted by Crippen LogP contribution is -2.37. The maximum Gasteiger partial charge on any atom is 0.350 e. The van der Waals surface area contributed by atoms with E-state index in [0.29, 0.717) is 17.8 Å². The number of carbonyl (C=O) groups is 1. The van der Waals surface area contributed by atoms with Gasteiger partial charge in [-0.1, -0.05) is 20.3 Å². The summed E-state index contributed by atoms with van der Waals surface area (Å²) in [6.45, 7) is 6.62. The van der Waals surface area contributed by atoms with Gasteiger partial charge in [0.05, 0.1) is 12.3 Å². The molecule has 0 aliphatic heterocycles. The topological polar surface area (TPSA) is 94.9 Å². The van der Waals surface area contributed by atoms with Crippen LogP contribution >= 0.6 is 0 Å². The van der Waals surface area contributed by atoms with Crippen LogP contribution in [0.5, 0.6) is 5.75 Å². The average Bonchev–Trinajstić information content (AvgIpc) is 3.36. The highest BCUT2D eigenvalue weighted by Gasteiger charge is 2.16. The Bertz CT molecular complexity index is 1290. The second-order valence-corrected chi connectivity index (χ2v) is 7.89. The Hall–Kier alpha value is -3.62. The minimum Gasteiger partial charge on any atom is -0.494 e. The molecule has 0 aliphatic rings. The van der Waals surface area contributed by atoms with Crippen molar-refractivity contribution in [1.82, 2.24) is 29.1 Å². The van der Waals surface area contributed by atoms with E-state index in [1.165, 1.54) is 9.08 Å². The Labute approximate surface area is 185 Å². The molecule has 0 aliphatic carbocycles. The number of hydrogen-bond donors (Lipinski definition) is 1. The van der Waals surface area contributed by atoms with Crippen LogP contribution < -0.4 is 15.7 Å². The van der Waals surface area contributed by atoms with Crippen LogP contribution in [0.2, 0.25) is 0 Å². The van der Waals surface area contributed by atoms with Crippen molar-refractivity contribution in [2.45, 2.75) is 52.6 Å². The van der Waals surface area contributed by atoms with Crippen molar-refractivity contribution in [2.24, 2.45) is 0 Å². The highest BCUT2D eigenvalue weighted by molar-refractivity contribution is 5.78. The highest BCUT2D eigenvalue weighted by atomic mass is 16.5. The fraction of sp³-hybridized carbons (Fsp3) is 0.391. The molecule has 0 saturated carbocycles. The number of nitrogens with one attached hydrogen (secondary N) is 1. The number of fused-ring (bicyclic) bond motifs is 3. The fourth-order valence-electron chi connectivity index (χ4n) is 3.39. The van der Waals surface area contributed by atoms with Crippen LogP contribution in [-0.4, -0.2) is 42.4 Å². The van der Waals surface area contributed by atoms with Gasteiger partial charge in [-0.25, -0.2) is 18.4 Å². The molecule has 3 aromatic heterocycles. The van der Waals surface area contributed by atoms with Gasteiger partial charge in [0.15, 0.2) is 5.65 Å². The zero-order valence-electron chi connectivity index (χ0n) is 18.6. The third kappa shape index (κ3) is 4.37. The summed E-state index contributed by atoms with van der Waals surface area (Å²) in [5.41, 5.74) is 2.47. The molecule has 1 aromatic carbocycles. The van der Waals surface area contributed by atoms with Crippen LogP contribution in [0, 0.1) is 0 Å². The van der Waals surface area contributed by atoms with E-state index in [0.717, 1.165) is 36.3 Å². The van der Waals surface area contributed by atoms with Crippen molar-refractivity contribution in [1.29, 1.82) is 0 Å². The number of unbranched alkanes of at least 4 members (excludes halogenated alkanes) is 1. The van der Waals surface area contributed by atoms with Gasteiger partial charge in [-0.3, -0.25) is 4.79 Å². The van der Waals surface area contributed by atoms with Crippen LogP contribution in [0.4, 0.5) is 0 Å². The van der Waals surface area contributed by atoms with Gasteiger partial charge in [-0.05, 0) is 50.1 Å². The van der Waals surface area contributed by atoms with E-state index < -0.39 is 0 Å². The van der Waals surface area contributed by atoms with Crippen molar-refractivity contribution in [3.63, 3.8) is 0 Å². The number of aromatic nitrogens is 5. The predicted molar refractivity (Wildman–Crippen MR) is 122 cm³/mol. The van der Waals surface area contributed by atoms with Gasteiger partial charge >= 0.3 is 5.69 Å². The molecule has 1 atom stereocenters. The maximum atomic E-state index is 12.7. The largest absolute Gasteiger partial charge is 0.494 e. The van der Waals surface area contributed by atoms with E-state index >= 15 is 0 Å². The molecule has 4 rings (SSSR count). The molecule has 3 heterocycles. The average molecular weight is 437 g/mol. The summed E-state index contributed by atoms with van der Waals surface area (Å²) >= 11 is 0. The summed E-state index contributed by atoms with van der Waals surface area (Å²) in [6, 6.07) is 9.72. The summed E-state index contributed by atoms with van der Waals surface area (Å²) in [5.74, 6) is 0.589. The summed E-state index contributed by atoms with van der Waals surface area (Å²) < 4.78 is 10.0. The minimum atomic E-state index is -0.363. The lowest BCUT2D eigenvalue weighted by atomic mass is 10.1.